The molecule has 0 amide bonds. The first-order valence-corrected chi connectivity index (χ1v) is 4.59. The van der Waals surface area contributed by atoms with Crippen LogP contribution in [0.2, 0.25) is 0 Å². The van der Waals surface area contributed by atoms with Crippen LogP contribution in [-0.2, 0) is 0 Å². The molecule has 0 atom stereocenters. The van der Waals surface area contributed by atoms with Gasteiger partial charge in [0.05, 0.1) is 23.8 Å². The fourth-order valence-corrected chi connectivity index (χ4v) is 1.19. The summed E-state index contributed by atoms with van der Waals surface area (Å²) in [6, 6.07) is 7.02. The van der Waals surface area contributed by atoms with E-state index in [1.54, 1.807) is 30.6 Å². The molecule has 2 N–H and O–H groups in total. The van der Waals surface area contributed by atoms with Crippen molar-refractivity contribution < 1.29 is 5.11 Å². The van der Waals surface area contributed by atoms with Gasteiger partial charge in [0, 0.05) is 0 Å². The van der Waals surface area contributed by atoms with Crippen LogP contribution in [0.3, 0.4) is 0 Å². The summed E-state index contributed by atoms with van der Waals surface area (Å²) in [5.74, 6) is 0.927. The number of para-hydroxylation sites is 2. The molecule has 0 saturated carbocycles. The van der Waals surface area contributed by atoms with Crippen molar-refractivity contribution in [3.05, 3.63) is 42.5 Å². The second kappa shape index (κ2) is 3.96. The number of rotatable bonds is 2. The average Bonchev–Trinajstić information content (AvgIpc) is 2.25. The van der Waals surface area contributed by atoms with Crippen LogP contribution in [0.4, 0.5) is 11.4 Å². The Balaban J connectivity index is 2.22. The molecule has 0 aliphatic rings. The quantitative estimate of drug-likeness (QED) is 0.731. The lowest BCUT2D eigenvalue weighted by molar-refractivity contribution is 0.478. The number of hydrogen-bond donors (Lipinski definition) is 2. The van der Waals surface area contributed by atoms with E-state index in [4.69, 9.17) is 0 Å². The number of benzene rings is 1. The third-order valence-electron chi connectivity index (χ3n) is 1.96. The number of hydrogen-bond acceptors (Lipinski definition) is 4. The van der Waals surface area contributed by atoms with Gasteiger partial charge in [-0.25, -0.2) is 9.97 Å². The number of phenolic OH excluding ortho intramolecular Hbond substituents is 1. The zero-order chi connectivity index (χ0) is 10.7. The molecule has 4 heteroatoms. The molecule has 1 aromatic heterocycles. The Bertz CT molecular complexity index is 454. The van der Waals surface area contributed by atoms with Crippen LogP contribution in [0.15, 0.2) is 36.7 Å². The lowest BCUT2D eigenvalue weighted by Crippen LogP contribution is -1.94. The van der Waals surface area contributed by atoms with Crippen LogP contribution in [-0.4, -0.2) is 15.1 Å². The molecule has 2 aromatic rings. The molecule has 0 aliphatic carbocycles. The van der Waals surface area contributed by atoms with Crippen LogP contribution in [0.25, 0.3) is 0 Å². The van der Waals surface area contributed by atoms with Crippen LogP contribution >= 0.6 is 0 Å². The molecule has 1 aromatic carbocycles. The molecule has 0 saturated heterocycles. The first kappa shape index (κ1) is 9.45. The topological polar surface area (TPSA) is 58.0 Å². The fraction of sp³-hybridized carbons (Fsp3) is 0.0909. The Morgan fingerprint density at radius 3 is 2.47 bits per heavy atom. The summed E-state index contributed by atoms with van der Waals surface area (Å²) in [5.41, 5.74) is 1.40. The SMILES string of the molecule is Cc1ncc(Nc2ccccc2O)cn1. The highest BCUT2D eigenvalue weighted by molar-refractivity contribution is 5.64. The third-order valence-corrected chi connectivity index (χ3v) is 1.96. The van der Waals surface area contributed by atoms with Crippen molar-refractivity contribution in [3.8, 4) is 5.75 Å². The Morgan fingerprint density at radius 2 is 1.80 bits per heavy atom. The number of aryl methyl sites for hydroxylation is 1. The van der Waals surface area contributed by atoms with Crippen LogP contribution in [0.1, 0.15) is 5.82 Å². The van der Waals surface area contributed by atoms with E-state index >= 15 is 0 Å². The maximum atomic E-state index is 9.52. The predicted octanol–water partition coefficient (Wildman–Crippen LogP) is 2.23. The van der Waals surface area contributed by atoms with Gasteiger partial charge in [-0.15, -0.1) is 0 Å². The van der Waals surface area contributed by atoms with Crippen LogP contribution < -0.4 is 5.32 Å². The second-order valence-electron chi connectivity index (χ2n) is 3.16. The van der Waals surface area contributed by atoms with E-state index in [0.717, 1.165) is 11.5 Å². The van der Waals surface area contributed by atoms with Gasteiger partial charge in [0.15, 0.2) is 0 Å². The first-order chi connectivity index (χ1) is 7.25. The van der Waals surface area contributed by atoms with Crippen LogP contribution in [0, 0.1) is 6.92 Å². The van der Waals surface area contributed by atoms with Gasteiger partial charge < -0.3 is 10.4 Å². The molecule has 0 fully saturated rings. The van der Waals surface area contributed by atoms with Crippen molar-refractivity contribution in [2.75, 3.05) is 5.32 Å². The van der Waals surface area contributed by atoms with Crippen molar-refractivity contribution in [1.29, 1.82) is 0 Å². The largest absolute Gasteiger partial charge is 0.506 e. The van der Waals surface area contributed by atoms with Gasteiger partial charge in [-0.2, -0.15) is 0 Å². The number of nitrogens with zero attached hydrogens (tertiary/aromatic N) is 2. The molecule has 1 heterocycles. The van der Waals surface area contributed by atoms with Gasteiger partial charge in [0.25, 0.3) is 0 Å². The van der Waals surface area contributed by atoms with E-state index in [0.29, 0.717) is 5.69 Å². The monoisotopic (exact) mass is 201 g/mol. The molecule has 0 radical (unpaired) electrons. The Kier molecular flexibility index (Phi) is 2.49. The minimum Gasteiger partial charge on any atom is -0.506 e. The molecule has 0 unspecified atom stereocenters. The molecular formula is C11H11N3O. The summed E-state index contributed by atoms with van der Waals surface area (Å²) in [6.07, 6.45) is 3.35. The normalized spacial score (nSPS) is 9.93. The lowest BCUT2D eigenvalue weighted by Gasteiger charge is -2.06. The summed E-state index contributed by atoms with van der Waals surface area (Å²) >= 11 is 0. The van der Waals surface area contributed by atoms with Gasteiger partial charge in [-0.3, -0.25) is 0 Å². The van der Waals surface area contributed by atoms with Crippen LogP contribution in [0.5, 0.6) is 5.75 Å². The predicted molar refractivity (Wildman–Crippen MR) is 58.2 cm³/mol. The van der Waals surface area contributed by atoms with Crippen molar-refractivity contribution in [2.45, 2.75) is 6.92 Å². The van der Waals surface area contributed by atoms with Crippen molar-refractivity contribution >= 4 is 11.4 Å². The number of anilines is 2. The summed E-state index contributed by atoms with van der Waals surface area (Å²) in [4.78, 5) is 8.10. The molecule has 0 spiro atoms. The standard InChI is InChI=1S/C11H11N3O/c1-8-12-6-9(7-13-8)14-10-4-2-3-5-11(10)15/h2-7,14-15H,1H3. The number of nitrogens with one attached hydrogen (secondary N) is 1. The van der Waals surface area contributed by atoms with Gasteiger partial charge in [0.2, 0.25) is 0 Å². The van der Waals surface area contributed by atoms with Gasteiger partial charge in [-0.1, -0.05) is 12.1 Å². The van der Waals surface area contributed by atoms with Gasteiger partial charge in [-0.05, 0) is 19.1 Å². The van der Waals surface area contributed by atoms with E-state index in [-0.39, 0.29) is 5.75 Å². The van der Waals surface area contributed by atoms with E-state index in [2.05, 4.69) is 15.3 Å². The first-order valence-electron chi connectivity index (χ1n) is 4.59. The Hall–Kier alpha value is -2.10. The Labute approximate surface area is 87.6 Å². The number of aromatic nitrogens is 2. The smallest absolute Gasteiger partial charge is 0.139 e. The van der Waals surface area contributed by atoms with E-state index in [1.807, 2.05) is 13.0 Å². The molecule has 76 valence electrons. The van der Waals surface area contributed by atoms with Crippen molar-refractivity contribution in [3.63, 3.8) is 0 Å². The molecule has 4 nitrogen and oxygen atoms in total. The summed E-state index contributed by atoms with van der Waals surface area (Å²) in [5, 5.41) is 12.5. The highest BCUT2D eigenvalue weighted by atomic mass is 16.3. The molecule has 0 aliphatic heterocycles. The molecular weight excluding hydrogens is 190 g/mol. The number of aromatic hydroxyl groups is 1. The number of phenols is 1. The van der Waals surface area contributed by atoms with Crippen molar-refractivity contribution in [1.82, 2.24) is 9.97 Å². The highest BCUT2D eigenvalue weighted by Gasteiger charge is 1.99. The maximum Gasteiger partial charge on any atom is 0.139 e. The summed E-state index contributed by atoms with van der Waals surface area (Å²) < 4.78 is 0. The van der Waals surface area contributed by atoms with Gasteiger partial charge in [0.1, 0.15) is 11.6 Å². The van der Waals surface area contributed by atoms with E-state index in [9.17, 15) is 5.11 Å². The average molecular weight is 201 g/mol. The molecule has 15 heavy (non-hydrogen) atoms. The Morgan fingerprint density at radius 1 is 1.13 bits per heavy atom. The molecule has 2 rings (SSSR count). The second-order valence-corrected chi connectivity index (χ2v) is 3.16. The van der Waals surface area contributed by atoms with E-state index in [1.165, 1.54) is 0 Å². The fourth-order valence-electron chi connectivity index (χ4n) is 1.19. The summed E-state index contributed by atoms with van der Waals surface area (Å²) in [6.45, 7) is 1.82. The van der Waals surface area contributed by atoms with Crippen molar-refractivity contribution in [2.24, 2.45) is 0 Å². The maximum absolute atomic E-state index is 9.52. The van der Waals surface area contributed by atoms with Gasteiger partial charge >= 0.3 is 0 Å². The zero-order valence-corrected chi connectivity index (χ0v) is 8.31. The summed E-state index contributed by atoms with van der Waals surface area (Å²) in [7, 11) is 0. The minimum absolute atomic E-state index is 0.207. The molecule has 0 bridgehead atoms. The highest BCUT2D eigenvalue weighted by Crippen LogP contribution is 2.24. The third kappa shape index (κ3) is 2.22. The lowest BCUT2D eigenvalue weighted by atomic mass is 10.3. The minimum atomic E-state index is 0.207. The van der Waals surface area contributed by atoms with E-state index < -0.39 is 0 Å². The zero-order valence-electron chi connectivity index (χ0n) is 8.31.